The molecule has 3 rings (SSSR count). The summed E-state index contributed by atoms with van der Waals surface area (Å²) in [6.45, 7) is 3.68. The highest BCUT2D eigenvalue weighted by Crippen LogP contribution is 2.28. The first-order chi connectivity index (χ1) is 12.9. The molecular weight excluding hydrogens is 368 g/mol. The van der Waals surface area contributed by atoms with Crippen molar-refractivity contribution in [3.05, 3.63) is 57.8 Å². The molecule has 1 N–H and O–H groups in total. The van der Waals surface area contributed by atoms with E-state index < -0.39 is 6.04 Å². The Morgan fingerprint density at radius 3 is 2.63 bits per heavy atom. The van der Waals surface area contributed by atoms with Gasteiger partial charge in [0.05, 0.1) is 17.5 Å². The molecule has 0 bridgehead atoms. The monoisotopic (exact) mass is 386 g/mol. The minimum atomic E-state index is -0.824. The topological polar surface area (TPSA) is 86.1 Å². The number of nitrogens with zero attached hydrogens (tertiary/aromatic N) is 3. The number of benzene rings is 2. The first-order valence-corrected chi connectivity index (χ1v) is 8.79. The maximum absolute atomic E-state index is 12.9. The number of ether oxygens (including phenoxy) is 1. The highest BCUT2D eigenvalue weighted by molar-refractivity contribution is 6.32. The quantitative estimate of drug-likeness (QED) is 0.727. The second kappa shape index (κ2) is 7.75. The number of hydrogen-bond acceptors (Lipinski definition) is 5. The van der Waals surface area contributed by atoms with Crippen molar-refractivity contribution in [3.63, 3.8) is 0 Å². The normalized spacial score (nSPS) is 12.2. The van der Waals surface area contributed by atoms with E-state index in [0.29, 0.717) is 27.4 Å². The Labute approximate surface area is 160 Å². The van der Waals surface area contributed by atoms with Crippen LogP contribution in [0.15, 0.2) is 47.3 Å². The Balaban J connectivity index is 1.96. The molecule has 1 heterocycles. The first-order valence-electron chi connectivity index (χ1n) is 8.41. The van der Waals surface area contributed by atoms with Crippen molar-refractivity contribution in [1.29, 1.82) is 0 Å². The van der Waals surface area contributed by atoms with E-state index in [1.54, 1.807) is 42.5 Å². The average molecular weight is 387 g/mol. The van der Waals surface area contributed by atoms with Crippen molar-refractivity contribution in [1.82, 2.24) is 15.0 Å². The molecule has 0 saturated heterocycles. The van der Waals surface area contributed by atoms with Crippen LogP contribution in [0.1, 0.15) is 19.9 Å². The number of halogens is 1. The van der Waals surface area contributed by atoms with Crippen LogP contribution in [-0.2, 0) is 4.79 Å². The summed E-state index contributed by atoms with van der Waals surface area (Å²) < 4.78 is 6.24. The van der Waals surface area contributed by atoms with E-state index in [-0.39, 0.29) is 17.4 Å². The summed E-state index contributed by atoms with van der Waals surface area (Å²) in [6, 6.07) is 11.0. The fourth-order valence-electron chi connectivity index (χ4n) is 2.84. The Morgan fingerprint density at radius 1 is 1.22 bits per heavy atom. The molecule has 7 nitrogen and oxygen atoms in total. The zero-order chi connectivity index (χ0) is 19.6. The van der Waals surface area contributed by atoms with Crippen molar-refractivity contribution >= 4 is 34.1 Å². The van der Waals surface area contributed by atoms with Gasteiger partial charge in [-0.05, 0) is 36.2 Å². The van der Waals surface area contributed by atoms with Crippen molar-refractivity contribution in [2.75, 3.05) is 12.4 Å². The molecule has 0 saturated carbocycles. The summed E-state index contributed by atoms with van der Waals surface area (Å²) in [5.41, 5.74) is 0.629. The Morgan fingerprint density at radius 2 is 1.96 bits per heavy atom. The van der Waals surface area contributed by atoms with E-state index in [2.05, 4.69) is 15.6 Å². The summed E-state index contributed by atoms with van der Waals surface area (Å²) in [5, 5.41) is 11.6. The van der Waals surface area contributed by atoms with Gasteiger partial charge in [0.25, 0.3) is 5.56 Å². The van der Waals surface area contributed by atoms with Crippen molar-refractivity contribution in [2.45, 2.75) is 19.9 Å². The van der Waals surface area contributed by atoms with E-state index in [1.807, 2.05) is 13.8 Å². The van der Waals surface area contributed by atoms with Gasteiger partial charge in [0.15, 0.2) is 0 Å². The molecule has 0 aliphatic heterocycles. The molecule has 27 heavy (non-hydrogen) atoms. The van der Waals surface area contributed by atoms with E-state index >= 15 is 0 Å². The van der Waals surface area contributed by atoms with Crippen LogP contribution < -0.4 is 15.6 Å². The standard InChI is InChI=1S/C19H19ClN4O3/c1-11(2)17(18(25)21-12-8-9-16(27-3)14(20)10-12)24-19(26)13-6-4-5-7-15(13)22-23-24/h4-11,17H,1-3H3,(H,21,25). The van der Waals surface area contributed by atoms with E-state index in [4.69, 9.17) is 16.3 Å². The lowest BCUT2D eigenvalue weighted by atomic mass is 10.0. The Kier molecular flexibility index (Phi) is 5.41. The summed E-state index contributed by atoms with van der Waals surface area (Å²) in [4.78, 5) is 25.7. The minimum absolute atomic E-state index is 0.188. The number of fused-ring (bicyclic) bond motifs is 1. The van der Waals surface area contributed by atoms with E-state index in [0.717, 1.165) is 4.68 Å². The molecule has 2 aromatic carbocycles. The summed E-state index contributed by atoms with van der Waals surface area (Å²) in [5.74, 6) is -0.0588. The molecule has 1 unspecified atom stereocenters. The van der Waals surface area contributed by atoms with Gasteiger partial charge in [-0.2, -0.15) is 4.68 Å². The van der Waals surface area contributed by atoms with Gasteiger partial charge in [-0.25, -0.2) is 0 Å². The number of rotatable bonds is 5. The van der Waals surface area contributed by atoms with Crippen LogP contribution in [0.4, 0.5) is 5.69 Å². The molecular formula is C19H19ClN4O3. The van der Waals surface area contributed by atoms with Gasteiger partial charge >= 0.3 is 0 Å². The van der Waals surface area contributed by atoms with E-state index in [1.165, 1.54) is 7.11 Å². The summed E-state index contributed by atoms with van der Waals surface area (Å²) in [6.07, 6.45) is 0. The zero-order valence-corrected chi connectivity index (χ0v) is 15.9. The minimum Gasteiger partial charge on any atom is -0.495 e. The van der Waals surface area contributed by atoms with Crippen LogP contribution in [0.5, 0.6) is 5.75 Å². The second-order valence-corrected chi connectivity index (χ2v) is 6.79. The fraction of sp³-hybridized carbons (Fsp3) is 0.263. The molecule has 0 radical (unpaired) electrons. The van der Waals surface area contributed by atoms with Gasteiger partial charge < -0.3 is 10.1 Å². The molecule has 0 aliphatic rings. The van der Waals surface area contributed by atoms with Gasteiger partial charge in [0.2, 0.25) is 5.91 Å². The number of methoxy groups -OCH3 is 1. The van der Waals surface area contributed by atoms with Crippen molar-refractivity contribution in [2.24, 2.45) is 5.92 Å². The van der Waals surface area contributed by atoms with Crippen molar-refractivity contribution in [3.8, 4) is 5.75 Å². The number of carbonyl (C=O) groups is 1. The number of amides is 1. The average Bonchev–Trinajstić information content (AvgIpc) is 2.64. The van der Waals surface area contributed by atoms with Gasteiger partial charge in [-0.3, -0.25) is 9.59 Å². The predicted molar refractivity (Wildman–Crippen MR) is 104 cm³/mol. The molecule has 1 aromatic heterocycles. The van der Waals surface area contributed by atoms with Crippen molar-refractivity contribution < 1.29 is 9.53 Å². The molecule has 0 aliphatic carbocycles. The lowest BCUT2D eigenvalue weighted by molar-refractivity contribution is -0.120. The third kappa shape index (κ3) is 3.78. The number of hydrogen-bond donors (Lipinski definition) is 1. The van der Waals surface area contributed by atoms with Gasteiger partial charge in [-0.15, -0.1) is 5.10 Å². The molecule has 0 fully saturated rings. The van der Waals surface area contributed by atoms with Crippen LogP contribution in [0, 0.1) is 5.92 Å². The predicted octanol–water partition coefficient (Wildman–Crippen LogP) is 3.29. The number of carbonyl (C=O) groups excluding carboxylic acids is 1. The van der Waals surface area contributed by atoms with Crippen LogP contribution in [0.2, 0.25) is 5.02 Å². The zero-order valence-electron chi connectivity index (χ0n) is 15.1. The van der Waals surface area contributed by atoms with Gasteiger partial charge in [0, 0.05) is 5.69 Å². The first kappa shape index (κ1) is 18.8. The molecule has 1 atom stereocenters. The summed E-state index contributed by atoms with van der Waals surface area (Å²) in [7, 11) is 1.51. The highest BCUT2D eigenvalue weighted by atomic mass is 35.5. The van der Waals surface area contributed by atoms with Gasteiger partial charge in [0.1, 0.15) is 17.3 Å². The maximum atomic E-state index is 12.9. The molecule has 0 spiro atoms. The lowest BCUT2D eigenvalue weighted by Gasteiger charge is -2.21. The second-order valence-electron chi connectivity index (χ2n) is 6.38. The largest absolute Gasteiger partial charge is 0.495 e. The van der Waals surface area contributed by atoms with E-state index in [9.17, 15) is 9.59 Å². The SMILES string of the molecule is COc1ccc(NC(=O)C(C(C)C)n2nnc3ccccc3c2=O)cc1Cl. The molecule has 3 aromatic rings. The highest BCUT2D eigenvalue weighted by Gasteiger charge is 2.27. The third-order valence-electron chi connectivity index (χ3n) is 4.17. The number of anilines is 1. The number of nitrogens with one attached hydrogen (secondary N) is 1. The fourth-order valence-corrected chi connectivity index (χ4v) is 3.10. The smallest absolute Gasteiger partial charge is 0.278 e. The summed E-state index contributed by atoms with van der Waals surface area (Å²) >= 11 is 6.11. The Hall–Kier alpha value is -2.93. The molecule has 8 heteroatoms. The number of aromatic nitrogens is 3. The van der Waals surface area contributed by atoms with Crippen LogP contribution in [0.3, 0.4) is 0 Å². The van der Waals surface area contributed by atoms with Crippen LogP contribution in [-0.4, -0.2) is 28.0 Å². The van der Waals surface area contributed by atoms with Crippen LogP contribution in [0.25, 0.3) is 10.9 Å². The Bertz CT molecular complexity index is 1050. The lowest BCUT2D eigenvalue weighted by Crippen LogP contribution is -2.38. The van der Waals surface area contributed by atoms with Crippen LogP contribution >= 0.6 is 11.6 Å². The molecule has 140 valence electrons. The third-order valence-corrected chi connectivity index (χ3v) is 4.47. The van der Waals surface area contributed by atoms with Gasteiger partial charge in [-0.1, -0.05) is 42.8 Å². The maximum Gasteiger partial charge on any atom is 0.278 e. The molecule has 1 amide bonds.